The first kappa shape index (κ1) is 23.9. The number of thioether (sulfide) groups is 1. The molecule has 1 aliphatic rings. The summed E-state index contributed by atoms with van der Waals surface area (Å²) in [5.74, 6) is 1.50. The van der Waals surface area contributed by atoms with Crippen molar-refractivity contribution in [1.29, 1.82) is 0 Å². The van der Waals surface area contributed by atoms with Crippen LogP contribution in [0.1, 0.15) is 59.4 Å². The van der Waals surface area contributed by atoms with E-state index in [-0.39, 0.29) is 11.8 Å². The molecule has 2 heterocycles. The molecule has 166 valence electrons. The smallest absolute Gasteiger partial charge is 0.269 e. The van der Waals surface area contributed by atoms with Crippen molar-refractivity contribution in [2.45, 2.75) is 62.1 Å². The number of hydrogen-bond donors (Lipinski definition) is 2. The molecule has 1 saturated heterocycles. The monoisotopic (exact) mass is 476 g/mol. The van der Waals surface area contributed by atoms with Crippen LogP contribution in [0.25, 0.3) is 0 Å². The summed E-state index contributed by atoms with van der Waals surface area (Å²) in [6.07, 6.45) is 4.76. The minimum absolute atomic E-state index is 0.150. The Kier molecular flexibility index (Phi) is 9.54. The van der Waals surface area contributed by atoms with E-state index in [9.17, 15) is 9.59 Å². The molecule has 1 aliphatic heterocycles. The highest BCUT2D eigenvalue weighted by molar-refractivity contribution is 8.77. The number of nitrogens with one attached hydrogen (secondary N) is 2. The van der Waals surface area contributed by atoms with Gasteiger partial charge in [0, 0.05) is 40.1 Å². The second kappa shape index (κ2) is 12.4. The molecule has 0 saturated carbocycles. The standard InChI is InChI=1S/C22H28N4O2S3/c1-15-13-16(2)24-22(23-15)29-14-17-7-9-18(10-8-17)21(28)26-25-20(27)6-4-3-5-19-11-12-30-31-19/h7-10,13,19H,3-6,11-12,14H2,1-2H3,(H,25,27)(H,26,28). The third kappa shape index (κ3) is 8.38. The molecule has 2 N–H and O–H groups in total. The van der Waals surface area contributed by atoms with Crippen molar-refractivity contribution in [1.82, 2.24) is 20.8 Å². The van der Waals surface area contributed by atoms with Gasteiger partial charge in [0.1, 0.15) is 0 Å². The van der Waals surface area contributed by atoms with Gasteiger partial charge < -0.3 is 0 Å². The lowest BCUT2D eigenvalue weighted by Gasteiger charge is -2.09. The molecule has 1 aromatic carbocycles. The maximum atomic E-state index is 12.3. The Morgan fingerprint density at radius 2 is 1.84 bits per heavy atom. The summed E-state index contributed by atoms with van der Waals surface area (Å²) in [6, 6.07) is 9.29. The van der Waals surface area contributed by atoms with Gasteiger partial charge in [-0.25, -0.2) is 9.97 Å². The Morgan fingerprint density at radius 1 is 1.10 bits per heavy atom. The predicted octanol–water partition coefficient (Wildman–Crippen LogP) is 4.86. The van der Waals surface area contributed by atoms with Crippen molar-refractivity contribution in [3.8, 4) is 0 Å². The molecule has 31 heavy (non-hydrogen) atoms. The first-order valence-electron chi connectivity index (χ1n) is 10.4. The molecule has 3 rings (SSSR count). The Morgan fingerprint density at radius 3 is 2.52 bits per heavy atom. The van der Waals surface area contributed by atoms with Crippen LogP contribution in [-0.2, 0) is 10.5 Å². The average Bonchev–Trinajstić information content (AvgIpc) is 3.27. The minimum atomic E-state index is -0.315. The molecule has 2 amide bonds. The molecule has 0 aliphatic carbocycles. The van der Waals surface area contributed by atoms with Crippen molar-refractivity contribution in [2.75, 3.05) is 5.75 Å². The van der Waals surface area contributed by atoms with Crippen molar-refractivity contribution in [3.63, 3.8) is 0 Å². The van der Waals surface area contributed by atoms with E-state index in [0.717, 1.165) is 52.4 Å². The Labute approximate surface area is 195 Å². The maximum Gasteiger partial charge on any atom is 0.269 e. The van der Waals surface area contributed by atoms with Crippen LogP contribution in [0, 0.1) is 13.8 Å². The fourth-order valence-corrected chi connectivity index (χ4v) is 7.07. The van der Waals surface area contributed by atoms with Gasteiger partial charge in [-0.2, -0.15) is 0 Å². The van der Waals surface area contributed by atoms with E-state index in [0.29, 0.717) is 12.0 Å². The van der Waals surface area contributed by atoms with E-state index >= 15 is 0 Å². The topological polar surface area (TPSA) is 84.0 Å². The van der Waals surface area contributed by atoms with Crippen LogP contribution >= 0.6 is 33.3 Å². The van der Waals surface area contributed by atoms with Crippen LogP contribution in [0.5, 0.6) is 0 Å². The van der Waals surface area contributed by atoms with Crippen molar-refractivity contribution in [2.24, 2.45) is 0 Å². The number of hydrogen-bond acceptors (Lipinski definition) is 7. The molecule has 0 bridgehead atoms. The normalized spacial score (nSPS) is 15.6. The molecular weight excluding hydrogens is 448 g/mol. The average molecular weight is 477 g/mol. The fourth-order valence-electron chi connectivity index (χ4n) is 3.14. The number of rotatable bonds is 9. The van der Waals surface area contributed by atoms with E-state index in [1.54, 1.807) is 23.9 Å². The van der Waals surface area contributed by atoms with Crippen molar-refractivity contribution >= 4 is 45.2 Å². The van der Waals surface area contributed by atoms with Crippen LogP contribution in [0.3, 0.4) is 0 Å². The maximum absolute atomic E-state index is 12.3. The number of carbonyl (C=O) groups excluding carboxylic acids is 2. The molecule has 0 spiro atoms. The molecule has 1 aromatic heterocycles. The van der Waals surface area contributed by atoms with Gasteiger partial charge in [0.05, 0.1) is 0 Å². The summed E-state index contributed by atoms with van der Waals surface area (Å²) >= 11 is 1.57. The van der Waals surface area contributed by atoms with Crippen LogP contribution in [0.15, 0.2) is 35.5 Å². The second-order valence-electron chi connectivity index (χ2n) is 7.50. The number of aryl methyl sites for hydroxylation is 2. The zero-order chi connectivity index (χ0) is 22.1. The zero-order valence-corrected chi connectivity index (χ0v) is 20.3. The second-order valence-corrected chi connectivity index (χ2v) is 11.2. The first-order valence-corrected chi connectivity index (χ1v) is 13.8. The van der Waals surface area contributed by atoms with E-state index in [2.05, 4.69) is 20.8 Å². The van der Waals surface area contributed by atoms with Crippen molar-refractivity contribution in [3.05, 3.63) is 52.8 Å². The summed E-state index contributed by atoms with van der Waals surface area (Å²) < 4.78 is 0. The number of benzene rings is 1. The van der Waals surface area contributed by atoms with Crippen LogP contribution in [-0.4, -0.2) is 32.8 Å². The Hall–Kier alpha value is -1.71. The van der Waals surface area contributed by atoms with Crippen LogP contribution < -0.4 is 10.9 Å². The lowest BCUT2D eigenvalue weighted by atomic mass is 10.1. The van der Waals surface area contributed by atoms with Gasteiger partial charge in [-0.3, -0.25) is 20.4 Å². The van der Waals surface area contributed by atoms with Crippen LogP contribution in [0.4, 0.5) is 0 Å². The largest absolute Gasteiger partial charge is 0.273 e. The van der Waals surface area contributed by atoms with Crippen LogP contribution in [0.2, 0.25) is 0 Å². The Bertz CT molecular complexity index is 867. The van der Waals surface area contributed by atoms with E-state index in [4.69, 9.17) is 0 Å². The molecule has 6 nitrogen and oxygen atoms in total. The molecule has 0 radical (unpaired) electrons. The SMILES string of the molecule is Cc1cc(C)nc(SCc2ccc(C(=O)NNC(=O)CCCCC3CCSS3)cc2)n1. The van der Waals surface area contributed by atoms with Gasteiger partial charge >= 0.3 is 0 Å². The minimum Gasteiger partial charge on any atom is -0.273 e. The van der Waals surface area contributed by atoms with Gasteiger partial charge in [0.25, 0.3) is 5.91 Å². The molecular formula is C22H28N4O2S3. The van der Waals surface area contributed by atoms with Gasteiger partial charge in [0.15, 0.2) is 5.16 Å². The molecule has 9 heteroatoms. The van der Waals surface area contributed by atoms with E-state index in [1.807, 2.05) is 53.6 Å². The summed E-state index contributed by atoms with van der Waals surface area (Å²) in [5.41, 5.74) is 8.50. The molecule has 1 fully saturated rings. The number of carbonyl (C=O) groups is 2. The van der Waals surface area contributed by atoms with Gasteiger partial charge in [-0.15, -0.1) is 0 Å². The fraction of sp³-hybridized carbons (Fsp3) is 0.455. The number of amides is 2. The molecule has 1 atom stereocenters. The summed E-state index contributed by atoms with van der Waals surface area (Å²) in [6.45, 7) is 3.92. The first-order chi connectivity index (χ1) is 15.0. The van der Waals surface area contributed by atoms with Gasteiger partial charge in [-0.1, -0.05) is 51.9 Å². The lowest BCUT2D eigenvalue weighted by Crippen LogP contribution is -2.41. The number of unbranched alkanes of at least 4 members (excludes halogenated alkanes) is 1. The Balaban J connectivity index is 1.35. The summed E-state index contributed by atoms with van der Waals surface area (Å²) in [4.78, 5) is 33.1. The third-order valence-corrected chi connectivity index (χ3v) is 8.69. The highest BCUT2D eigenvalue weighted by Crippen LogP contribution is 2.39. The van der Waals surface area contributed by atoms with E-state index < -0.39 is 0 Å². The van der Waals surface area contributed by atoms with E-state index in [1.165, 1.54) is 12.2 Å². The number of aromatic nitrogens is 2. The third-order valence-electron chi connectivity index (χ3n) is 4.77. The van der Waals surface area contributed by atoms with Gasteiger partial charge in [-0.05, 0) is 56.9 Å². The van der Waals surface area contributed by atoms with Gasteiger partial charge in [0.2, 0.25) is 5.91 Å². The lowest BCUT2D eigenvalue weighted by molar-refractivity contribution is -0.122. The summed E-state index contributed by atoms with van der Waals surface area (Å²) in [7, 11) is 3.91. The van der Waals surface area contributed by atoms with Crippen molar-refractivity contribution < 1.29 is 9.59 Å². The molecule has 1 unspecified atom stereocenters. The molecule has 2 aromatic rings. The number of nitrogens with zero attached hydrogens (tertiary/aromatic N) is 2. The highest BCUT2D eigenvalue weighted by atomic mass is 33.1. The summed E-state index contributed by atoms with van der Waals surface area (Å²) in [5, 5.41) is 1.49. The quantitative estimate of drug-likeness (QED) is 0.176. The zero-order valence-electron chi connectivity index (χ0n) is 17.8. The number of hydrazine groups is 1. The predicted molar refractivity (Wildman–Crippen MR) is 130 cm³/mol. The highest BCUT2D eigenvalue weighted by Gasteiger charge is 2.16.